The van der Waals surface area contributed by atoms with Crippen molar-refractivity contribution in [2.75, 3.05) is 13.1 Å². The van der Waals surface area contributed by atoms with Crippen molar-refractivity contribution in [2.45, 2.75) is 32.8 Å². The predicted molar refractivity (Wildman–Crippen MR) is 68.5 cm³/mol. The van der Waals surface area contributed by atoms with E-state index in [1.54, 1.807) is 0 Å². The Kier molecular flexibility index (Phi) is 6.12. The van der Waals surface area contributed by atoms with Gasteiger partial charge < -0.3 is 10.4 Å². The maximum Gasteiger partial charge on any atom is 0.0667 e. The maximum atomic E-state index is 9.76. The summed E-state index contributed by atoms with van der Waals surface area (Å²) in [5, 5.41) is 13.0. The zero-order valence-corrected chi connectivity index (χ0v) is 10.3. The molecule has 0 radical (unpaired) electrons. The molecule has 16 heavy (non-hydrogen) atoms. The average molecular weight is 221 g/mol. The van der Waals surface area contributed by atoms with Crippen LogP contribution in [0.15, 0.2) is 30.3 Å². The second kappa shape index (κ2) is 7.42. The van der Waals surface area contributed by atoms with Gasteiger partial charge in [-0.2, -0.15) is 0 Å². The van der Waals surface area contributed by atoms with E-state index < -0.39 is 0 Å². The van der Waals surface area contributed by atoms with Gasteiger partial charge in [-0.05, 0) is 30.9 Å². The average Bonchev–Trinajstić information content (AvgIpc) is 2.27. The van der Waals surface area contributed by atoms with E-state index in [4.69, 9.17) is 0 Å². The van der Waals surface area contributed by atoms with E-state index in [-0.39, 0.29) is 6.10 Å². The van der Waals surface area contributed by atoms with Gasteiger partial charge in [0.1, 0.15) is 0 Å². The molecule has 0 unspecified atom stereocenters. The molecule has 0 fully saturated rings. The van der Waals surface area contributed by atoms with Crippen LogP contribution in [0.4, 0.5) is 0 Å². The molecule has 90 valence electrons. The van der Waals surface area contributed by atoms with Crippen molar-refractivity contribution >= 4 is 0 Å². The molecule has 0 heterocycles. The molecule has 0 aliphatic rings. The standard InChI is InChI=1S/C14H23NO/c1-12(2)10-15-11-14(16)9-8-13-6-4-3-5-7-13/h3-7,12,14-16H,8-11H2,1-2H3/t14-/m0/s1. The summed E-state index contributed by atoms with van der Waals surface area (Å²) in [6.45, 7) is 6.01. The van der Waals surface area contributed by atoms with Crippen molar-refractivity contribution in [3.05, 3.63) is 35.9 Å². The Bertz CT molecular complexity index is 271. The third kappa shape index (κ3) is 5.89. The first-order valence-electron chi connectivity index (χ1n) is 6.11. The lowest BCUT2D eigenvalue weighted by atomic mass is 10.1. The minimum absolute atomic E-state index is 0.237. The SMILES string of the molecule is CC(C)CNC[C@@H](O)CCc1ccccc1. The van der Waals surface area contributed by atoms with Gasteiger partial charge in [0.05, 0.1) is 6.10 Å². The van der Waals surface area contributed by atoms with Crippen molar-refractivity contribution in [1.29, 1.82) is 0 Å². The first-order valence-corrected chi connectivity index (χ1v) is 6.11. The van der Waals surface area contributed by atoms with Gasteiger partial charge in [-0.25, -0.2) is 0 Å². The van der Waals surface area contributed by atoms with Gasteiger partial charge >= 0.3 is 0 Å². The molecule has 2 heteroatoms. The van der Waals surface area contributed by atoms with Crippen molar-refractivity contribution in [3.63, 3.8) is 0 Å². The van der Waals surface area contributed by atoms with E-state index >= 15 is 0 Å². The van der Waals surface area contributed by atoms with Gasteiger partial charge in [0.25, 0.3) is 0 Å². The molecule has 1 aromatic carbocycles. The molecule has 1 atom stereocenters. The molecule has 0 aliphatic carbocycles. The quantitative estimate of drug-likeness (QED) is 0.740. The molecular weight excluding hydrogens is 198 g/mol. The third-order valence-electron chi connectivity index (χ3n) is 2.54. The Morgan fingerprint density at radius 1 is 1.12 bits per heavy atom. The zero-order valence-electron chi connectivity index (χ0n) is 10.3. The summed E-state index contributed by atoms with van der Waals surface area (Å²) >= 11 is 0. The molecule has 1 aromatic rings. The zero-order chi connectivity index (χ0) is 11.8. The van der Waals surface area contributed by atoms with E-state index in [0.29, 0.717) is 12.5 Å². The first kappa shape index (κ1) is 13.2. The highest BCUT2D eigenvalue weighted by Gasteiger charge is 2.04. The minimum Gasteiger partial charge on any atom is -0.392 e. The fraction of sp³-hybridized carbons (Fsp3) is 0.571. The van der Waals surface area contributed by atoms with Crippen molar-refractivity contribution in [1.82, 2.24) is 5.32 Å². The van der Waals surface area contributed by atoms with E-state index in [1.807, 2.05) is 18.2 Å². The van der Waals surface area contributed by atoms with Gasteiger partial charge in [0.2, 0.25) is 0 Å². The summed E-state index contributed by atoms with van der Waals surface area (Å²) in [6.07, 6.45) is 1.54. The summed E-state index contributed by atoms with van der Waals surface area (Å²) in [6, 6.07) is 10.3. The summed E-state index contributed by atoms with van der Waals surface area (Å²) in [7, 11) is 0. The Hall–Kier alpha value is -0.860. The lowest BCUT2D eigenvalue weighted by Gasteiger charge is -2.13. The van der Waals surface area contributed by atoms with Crippen LogP contribution in [0.5, 0.6) is 0 Å². The van der Waals surface area contributed by atoms with Crippen LogP contribution in [0, 0.1) is 5.92 Å². The number of rotatable bonds is 7. The molecule has 2 nitrogen and oxygen atoms in total. The van der Waals surface area contributed by atoms with Gasteiger partial charge in [-0.3, -0.25) is 0 Å². The second-order valence-corrected chi connectivity index (χ2v) is 4.73. The number of nitrogens with one attached hydrogen (secondary N) is 1. The summed E-state index contributed by atoms with van der Waals surface area (Å²) in [5.41, 5.74) is 1.30. The minimum atomic E-state index is -0.237. The molecule has 0 bridgehead atoms. The van der Waals surface area contributed by atoms with E-state index in [2.05, 4.69) is 31.3 Å². The molecule has 0 aromatic heterocycles. The third-order valence-corrected chi connectivity index (χ3v) is 2.54. The highest BCUT2D eigenvalue weighted by Crippen LogP contribution is 2.04. The maximum absolute atomic E-state index is 9.76. The lowest BCUT2D eigenvalue weighted by Crippen LogP contribution is -2.29. The fourth-order valence-corrected chi connectivity index (χ4v) is 1.62. The van der Waals surface area contributed by atoms with E-state index in [0.717, 1.165) is 19.4 Å². The molecule has 2 N–H and O–H groups in total. The molecular formula is C14H23NO. The molecule has 0 amide bonds. The van der Waals surface area contributed by atoms with Crippen LogP contribution in [0.25, 0.3) is 0 Å². The largest absolute Gasteiger partial charge is 0.392 e. The molecule has 0 saturated heterocycles. The number of aryl methyl sites for hydroxylation is 1. The highest BCUT2D eigenvalue weighted by atomic mass is 16.3. The van der Waals surface area contributed by atoms with Crippen LogP contribution >= 0.6 is 0 Å². The van der Waals surface area contributed by atoms with Gasteiger partial charge in [-0.1, -0.05) is 44.2 Å². The molecule has 0 spiro atoms. The van der Waals surface area contributed by atoms with Crippen LogP contribution in [0.2, 0.25) is 0 Å². The lowest BCUT2D eigenvalue weighted by molar-refractivity contribution is 0.161. The molecule has 1 rings (SSSR count). The van der Waals surface area contributed by atoms with Crippen molar-refractivity contribution in [3.8, 4) is 0 Å². The first-order chi connectivity index (χ1) is 7.68. The second-order valence-electron chi connectivity index (χ2n) is 4.73. The normalized spacial score (nSPS) is 13.0. The molecule has 0 aliphatic heterocycles. The predicted octanol–water partition coefficient (Wildman–Crippen LogP) is 2.23. The van der Waals surface area contributed by atoms with Gasteiger partial charge in [0.15, 0.2) is 0 Å². The van der Waals surface area contributed by atoms with Gasteiger partial charge in [0, 0.05) is 6.54 Å². The molecule has 0 saturated carbocycles. The van der Waals surface area contributed by atoms with E-state index in [1.165, 1.54) is 5.56 Å². The number of aliphatic hydroxyl groups is 1. The number of hydrogen-bond donors (Lipinski definition) is 2. The summed E-state index contributed by atoms with van der Waals surface area (Å²) < 4.78 is 0. The number of benzene rings is 1. The Balaban J connectivity index is 2.13. The summed E-state index contributed by atoms with van der Waals surface area (Å²) in [4.78, 5) is 0. The van der Waals surface area contributed by atoms with Crippen LogP contribution in [-0.2, 0) is 6.42 Å². The van der Waals surface area contributed by atoms with Crippen molar-refractivity contribution < 1.29 is 5.11 Å². The van der Waals surface area contributed by atoms with E-state index in [9.17, 15) is 5.11 Å². The van der Waals surface area contributed by atoms with Crippen LogP contribution in [0.1, 0.15) is 25.8 Å². The summed E-state index contributed by atoms with van der Waals surface area (Å²) in [5.74, 6) is 0.640. The Morgan fingerprint density at radius 2 is 1.81 bits per heavy atom. The van der Waals surface area contributed by atoms with Crippen LogP contribution in [-0.4, -0.2) is 24.3 Å². The van der Waals surface area contributed by atoms with Crippen LogP contribution in [0.3, 0.4) is 0 Å². The Morgan fingerprint density at radius 3 is 2.44 bits per heavy atom. The number of hydrogen-bond acceptors (Lipinski definition) is 2. The van der Waals surface area contributed by atoms with Crippen molar-refractivity contribution in [2.24, 2.45) is 5.92 Å². The Labute approximate surface area is 98.7 Å². The van der Waals surface area contributed by atoms with Gasteiger partial charge in [-0.15, -0.1) is 0 Å². The monoisotopic (exact) mass is 221 g/mol. The number of aliphatic hydroxyl groups excluding tert-OH is 1. The topological polar surface area (TPSA) is 32.3 Å². The smallest absolute Gasteiger partial charge is 0.0667 e. The van der Waals surface area contributed by atoms with Crippen LogP contribution < -0.4 is 5.32 Å². The fourth-order valence-electron chi connectivity index (χ4n) is 1.62. The highest BCUT2D eigenvalue weighted by molar-refractivity contribution is 5.14.